The van der Waals surface area contributed by atoms with Gasteiger partial charge in [-0.25, -0.2) is 4.39 Å². The summed E-state index contributed by atoms with van der Waals surface area (Å²) in [6, 6.07) is 5.11. The molecule has 3 nitrogen and oxygen atoms in total. The number of likely N-dealkylation sites (tertiary alicyclic amines) is 1. The summed E-state index contributed by atoms with van der Waals surface area (Å²) in [6.07, 6.45) is 4.11. The molecular formula is C15H21FN2OS. The van der Waals surface area contributed by atoms with E-state index in [9.17, 15) is 4.39 Å². The first-order valence-electron chi connectivity index (χ1n) is 7.05. The molecule has 0 bridgehead atoms. The highest BCUT2D eigenvalue weighted by atomic mass is 32.1. The molecule has 1 saturated heterocycles. The number of aliphatic hydroxyl groups is 1. The Morgan fingerprint density at radius 1 is 1.45 bits per heavy atom. The molecule has 5 heteroatoms. The molecule has 1 aliphatic heterocycles. The Labute approximate surface area is 124 Å². The lowest BCUT2D eigenvalue weighted by Gasteiger charge is -2.35. The van der Waals surface area contributed by atoms with Crippen molar-refractivity contribution < 1.29 is 9.50 Å². The summed E-state index contributed by atoms with van der Waals surface area (Å²) in [4.78, 5) is 2.54. The summed E-state index contributed by atoms with van der Waals surface area (Å²) >= 11 is 4.94. The SMILES string of the molecule is NC(=S)c1ccc(F)c(CN2CCCCC2CCO)c1. The summed E-state index contributed by atoms with van der Waals surface area (Å²) < 4.78 is 13.9. The maximum absolute atomic E-state index is 13.9. The molecule has 1 atom stereocenters. The van der Waals surface area contributed by atoms with Crippen molar-refractivity contribution in [3.8, 4) is 0 Å². The number of aliphatic hydroxyl groups excluding tert-OH is 1. The van der Waals surface area contributed by atoms with E-state index in [1.807, 2.05) is 0 Å². The molecule has 0 saturated carbocycles. The van der Waals surface area contributed by atoms with Gasteiger partial charge in [-0.3, -0.25) is 4.90 Å². The number of piperidine rings is 1. The zero-order valence-corrected chi connectivity index (χ0v) is 12.3. The lowest BCUT2D eigenvalue weighted by atomic mass is 9.98. The van der Waals surface area contributed by atoms with Crippen LogP contribution in [0.4, 0.5) is 4.39 Å². The summed E-state index contributed by atoms with van der Waals surface area (Å²) in [5.41, 5.74) is 6.93. The molecule has 3 N–H and O–H groups in total. The van der Waals surface area contributed by atoms with Crippen molar-refractivity contribution in [1.82, 2.24) is 4.90 Å². The molecular weight excluding hydrogens is 275 g/mol. The molecule has 1 aliphatic rings. The second-order valence-electron chi connectivity index (χ2n) is 5.30. The van der Waals surface area contributed by atoms with Gasteiger partial charge in [-0.1, -0.05) is 18.6 Å². The highest BCUT2D eigenvalue weighted by Crippen LogP contribution is 2.23. The minimum Gasteiger partial charge on any atom is -0.396 e. The Morgan fingerprint density at radius 3 is 2.95 bits per heavy atom. The van der Waals surface area contributed by atoms with Crippen LogP contribution in [0.1, 0.15) is 36.8 Å². The third-order valence-corrected chi connectivity index (χ3v) is 4.15. The highest BCUT2D eigenvalue weighted by Gasteiger charge is 2.22. The quantitative estimate of drug-likeness (QED) is 0.818. The lowest BCUT2D eigenvalue weighted by molar-refractivity contribution is 0.111. The summed E-state index contributed by atoms with van der Waals surface area (Å²) in [5.74, 6) is -0.224. The van der Waals surface area contributed by atoms with Gasteiger partial charge in [0.15, 0.2) is 0 Å². The van der Waals surface area contributed by atoms with Crippen molar-refractivity contribution in [3.63, 3.8) is 0 Å². The van der Waals surface area contributed by atoms with Crippen LogP contribution in [0.15, 0.2) is 18.2 Å². The van der Waals surface area contributed by atoms with E-state index in [4.69, 9.17) is 23.1 Å². The van der Waals surface area contributed by atoms with Crippen molar-refractivity contribution in [1.29, 1.82) is 0 Å². The monoisotopic (exact) mass is 296 g/mol. The largest absolute Gasteiger partial charge is 0.396 e. The maximum atomic E-state index is 13.9. The number of hydrogen-bond donors (Lipinski definition) is 2. The topological polar surface area (TPSA) is 49.5 Å². The molecule has 110 valence electrons. The predicted molar refractivity (Wildman–Crippen MR) is 82.0 cm³/mol. The number of benzene rings is 1. The van der Waals surface area contributed by atoms with Crippen LogP contribution >= 0.6 is 12.2 Å². The van der Waals surface area contributed by atoms with Crippen LogP contribution < -0.4 is 5.73 Å². The molecule has 1 fully saturated rings. The number of rotatable bonds is 5. The second-order valence-corrected chi connectivity index (χ2v) is 5.74. The van der Waals surface area contributed by atoms with E-state index in [1.54, 1.807) is 12.1 Å². The molecule has 2 rings (SSSR count). The number of nitrogens with zero attached hydrogens (tertiary/aromatic N) is 1. The maximum Gasteiger partial charge on any atom is 0.127 e. The minimum absolute atomic E-state index is 0.177. The zero-order chi connectivity index (χ0) is 14.5. The van der Waals surface area contributed by atoms with Crippen molar-refractivity contribution in [2.75, 3.05) is 13.2 Å². The van der Waals surface area contributed by atoms with Crippen LogP contribution in [0.3, 0.4) is 0 Å². The Bertz CT molecular complexity index is 479. The fourth-order valence-electron chi connectivity index (χ4n) is 2.81. The summed E-state index contributed by atoms with van der Waals surface area (Å²) in [7, 11) is 0. The Morgan fingerprint density at radius 2 is 2.25 bits per heavy atom. The van der Waals surface area contributed by atoms with Gasteiger partial charge in [0.05, 0.1) is 0 Å². The average molecular weight is 296 g/mol. The molecule has 1 aromatic rings. The Kier molecular flexibility index (Phi) is 5.46. The van der Waals surface area contributed by atoms with Crippen molar-refractivity contribution >= 4 is 17.2 Å². The van der Waals surface area contributed by atoms with E-state index in [1.165, 1.54) is 12.5 Å². The van der Waals surface area contributed by atoms with Gasteiger partial charge in [0.25, 0.3) is 0 Å². The van der Waals surface area contributed by atoms with Gasteiger partial charge in [0.1, 0.15) is 10.8 Å². The highest BCUT2D eigenvalue weighted by molar-refractivity contribution is 7.80. The number of hydrogen-bond acceptors (Lipinski definition) is 3. The molecule has 20 heavy (non-hydrogen) atoms. The van der Waals surface area contributed by atoms with Crippen LogP contribution in [-0.4, -0.2) is 34.2 Å². The van der Waals surface area contributed by atoms with Crippen LogP contribution in [0.5, 0.6) is 0 Å². The molecule has 0 aromatic heterocycles. The normalized spacial score (nSPS) is 20.0. The van der Waals surface area contributed by atoms with Crippen molar-refractivity contribution in [2.45, 2.75) is 38.3 Å². The molecule has 0 aliphatic carbocycles. The standard InChI is InChI=1S/C15H21FN2OS/c16-14-5-4-11(15(17)20)9-12(14)10-18-7-2-1-3-13(18)6-8-19/h4-5,9,13,19H,1-3,6-8,10H2,(H2,17,20). The van der Waals surface area contributed by atoms with Gasteiger partial charge in [-0.2, -0.15) is 0 Å². The van der Waals surface area contributed by atoms with E-state index >= 15 is 0 Å². The Balaban J connectivity index is 2.14. The second kappa shape index (κ2) is 7.11. The first-order chi connectivity index (χ1) is 9.61. The molecule has 1 aromatic carbocycles. The van der Waals surface area contributed by atoms with Gasteiger partial charge in [-0.05, 0) is 44.0 Å². The lowest BCUT2D eigenvalue weighted by Crippen LogP contribution is -2.39. The predicted octanol–water partition coefficient (Wildman–Crippen LogP) is 2.20. The van der Waals surface area contributed by atoms with Crippen molar-refractivity contribution in [3.05, 3.63) is 35.1 Å². The smallest absolute Gasteiger partial charge is 0.127 e. The van der Waals surface area contributed by atoms with E-state index in [0.717, 1.165) is 25.8 Å². The third-order valence-electron chi connectivity index (χ3n) is 3.92. The molecule has 0 spiro atoms. The fourth-order valence-corrected chi connectivity index (χ4v) is 2.94. The number of nitrogens with two attached hydrogens (primary N) is 1. The Hall–Kier alpha value is -1.04. The third kappa shape index (κ3) is 3.75. The van der Waals surface area contributed by atoms with Crippen LogP contribution in [0.25, 0.3) is 0 Å². The molecule has 1 heterocycles. The van der Waals surface area contributed by atoms with Gasteiger partial charge in [-0.15, -0.1) is 0 Å². The first kappa shape index (κ1) is 15.4. The van der Waals surface area contributed by atoms with Crippen LogP contribution in [0.2, 0.25) is 0 Å². The van der Waals surface area contributed by atoms with Gasteiger partial charge in [0.2, 0.25) is 0 Å². The minimum atomic E-state index is -0.224. The van der Waals surface area contributed by atoms with Gasteiger partial charge >= 0.3 is 0 Å². The molecule has 1 unspecified atom stereocenters. The average Bonchev–Trinajstić information content (AvgIpc) is 2.43. The fraction of sp³-hybridized carbons (Fsp3) is 0.533. The van der Waals surface area contributed by atoms with E-state index in [2.05, 4.69) is 4.90 Å². The summed E-state index contributed by atoms with van der Waals surface area (Å²) in [6.45, 7) is 1.67. The van der Waals surface area contributed by atoms with Crippen LogP contribution in [0, 0.1) is 5.82 Å². The van der Waals surface area contributed by atoms with Crippen LogP contribution in [-0.2, 0) is 6.54 Å². The van der Waals surface area contributed by atoms with E-state index in [0.29, 0.717) is 23.7 Å². The molecule has 0 amide bonds. The van der Waals surface area contributed by atoms with E-state index < -0.39 is 0 Å². The molecule has 0 radical (unpaired) electrons. The first-order valence-corrected chi connectivity index (χ1v) is 7.45. The zero-order valence-electron chi connectivity index (χ0n) is 11.5. The number of halogens is 1. The van der Waals surface area contributed by atoms with Gasteiger partial charge < -0.3 is 10.8 Å². The van der Waals surface area contributed by atoms with E-state index in [-0.39, 0.29) is 17.4 Å². The van der Waals surface area contributed by atoms with Gasteiger partial charge in [0, 0.05) is 30.3 Å². The van der Waals surface area contributed by atoms with Crippen molar-refractivity contribution in [2.24, 2.45) is 5.73 Å². The number of thiocarbonyl (C=S) groups is 1. The summed E-state index contributed by atoms with van der Waals surface area (Å²) in [5, 5.41) is 9.14.